The topological polar surface area (TPSA) is 57.6 Å². The number of carbonyl (C=O) groups is 2. The maximum atomic E-state index is 12.1. The lowest BCUT2D eigenvalue weighted by atomic mass is 10.0. The van der Waals surface area contributed by atoms with Gasteiger partial charge < -0.3 is 10.0 Å². The Labute approximate surface area is 113 Å². The molecule has 1 aromatic carbocycles. The minimum Gasteiger partial charge on any atom is -0.478 e. The first-order valence-corrected chi connectivity index (χ1v) is 6.56. The van der Waals surface area contributed by atoms with Crippen LogP contribution < -0.4 is 0 Å². The average Bonchev–Trinajstić information content (AvgIpc) is 3.21. The SMILES string of the molecule is CC(C(=O)N(C)Cc1ccc(C(=O)O)cc1)C1CC1. The van der Waals surface area contributed by atoms with Crippen molar-refractivity contribution < 1.29 is 14.7 Å². The van der Waals surface area contributed by atoms with E-state index in [0.29, 0.717) is 12.5 Å². The van der Waals surface area contributed by atoms with Gasteiger partial charge in [0.1, 0.15) is 0 Å². The first-order valence-electron chi connectivity index (χ1n) is 6.56. The number of aromatic carboxylic acids is 1. The fourth-order valence-corrected chi connectivity index (χ4v) is 2.25. The van der Waals surface area contributed by atoms with Crippen molar-refractivity contribution in [1.82, 2.24) is 4.90 Å². The lowest BCUT2D eigenvalue weighted by Crippen LogP contribution is -2.32. The molecule has 0 aliphatic heterocycles. The molecule has 2 rings (SSSR count). The van der Waals surface area contributed by atoms with E-state index in [1.165, 1.54) is 0 Å². The molecule has 1 aromatic rings. The summed E-state index contributed by atoms with van der Waals surface area (Å²) in [5, 5.41) is 8.82. The fraction of sp³-hybridized carbons (Fsp3) is 0.467. The number of benzene rings is 1. The maximum absolute atomic E-state index is 12.1. The summed E-state index contributed by atoms with van der Waals surface area (Å²) in [5.74, 6) is -0.101. The van der Waals surface area contributed by atoms with Gasteiger partial charge in [0, 0.05) is 19.5 Å². The van der Waals surface area contributed by atoms with Gasteiger partial charge in [-0.1, -0.05) is 19.1 Å². The zero-order chi connectivity index (χ0) is 14.0. The summed E-state index contributed by atoms with van der Waals surface area (Å²) in [7, 11) is 1.80. The Morgan fingerprint density at radius 3 is 2.37 bits per heavy atom. The minimum absolute atomic E-state index is 0.100. The first-order chi connectivity index (χ1) is 8.99. The summed E-state index contributed by atoms with van der Waals surface area (Å²) >= 11 is 0. The summed E-state index contributed by atoms with van der Waals surface area (Å²) in [5.41, 5.74) is 1.22. The molecule has 0 aromatic heterocycles. The van der Waals surface area contributed by atoms with Crippen LogP contribution in [0.5, 0.6) is 0 Å². The summed E-state index contributed by atoms with van der Waals surface area (Å²) in [6.07, 6.45) is 2.32. The number of carboxylic acid groups (broad SMARTS) is 1. The average molecular weight is 261 g/mol. The van der Waals surface area contributed by atoms with Crippen molar-refractivity contribution in [3.05, 3.63) is 35.4 Å². The Bertz CT molecular complexity index is 477. The number of hydrogen-bond donors (Lipinski definition) is 1. The van der Waals surface area contributed by atoms with Gasteiger partial charge >= 0.3 is 5.97 Å². The quantitative estimate of drug-likeness (QED) is 0.885. The van der Waals surface area contributed by atoms with Gasteiger partial charge in [-0.15, -0.1) is 0 Å². The molecule has 0 spiro atoms. The molecule has 0 heterocycles. The molecule has 1 unspecified atom stereocenters. The molecule has 0 radical (unpaired) electrons. The van der Waals surface area contributed by atoms with Crippen LogP contribution in [0.4, 0.5) is 0 Å². The van der Waals surface area contributed by atoms with Crippen LogP contribution in [0, 0.1) is 11.8 Å². The molecule has 19 heavy (non-hydrogen) atoms. The normalized spacial score (nSPS) is 15.9. The molecule has 102 valence electrons. The van der Waals surface area contributed by atoms with Crippen LogP contribution in [0.3, 0.4) is 0 Å². The van der Waals surface area contributed by atoms with Crippen LogP contribution in [0.15, 0.2) is 24.3 Å². The van der Waals surface area contributed by atoms with E-state index in [2.05, 4.69) is 0 Å². The Kier molecular flexibility index (Phi) is 3.88. The van der Waals surface area contributed by atoms with Crippen LogP contribution in [0.25, 0.3) is 0 Å². The second-order valence-electron chi connectivity index (χ2n) is 5.32. The summed E-state index contributed by atoms with van der Waals surface area (Å²) in [6.45, 7) is 2.51. The highest BCUT2D eigenvalue weighted by molar-refractivity contribution is 5.87. The third-order valence-corrected chi connectivity index (χ3v) is 3.72. The number of carboxylic acids is 1. The first kappa shape index (κ1) is 13.6. The van der Waals surface area contributed by atoms with Gasteiger partial charge in [0.25, 0.3) is 0 Å². The molecule has 1 saturated carbocycles. The Balaban J connectivity index is 1.95. The van der Waals surface area contributed by atoms with Gasteiger partial charge in [-0.25, -0.2) is 4.79 Å². The molecule has 1 N–H and O–H groups in total. The van der Waals surface area contributed by atoms with Crippen molar-refractivity contribution >= 4 is 11.9 Å². The molecule has 4 nitrogen and oxygen atoms in total. The van der Waals surface area contributed by atoms with E-state index in [4.69, 9.17) is 5.11 Å². The molecule has 1 amide bonds. The van der Waals surface area contributed by atoms with E-state index in [1.807, 2.05) is 6.92 Å². The standard InChI is InChI=1S/C15H19NO3/c1-10(12-7-8-12)14(17)16(2)9-11-3-5-13(6-4-11)15(18)19/h3-6,10,12H,7-9H2,1-2H3,(H,18,19). The van der Waals surface area contributed by atoms with Crippen LogP contribution in [-0.2, 0) is 11.3 Å². The smallest absolute Gasteiger partial charge is 0.335 e. The number of amides is 1. The minimum atomic E-state index is -0.932. The van der Waals surface area contributed by atoms with Crippen LogP contribution in [0.1, 0.15) is 35.7 Å². The van der Waals surface area contributed by atoms with Gasteiger partial charge in [-0.05, 0) is 36.5 Å². The lowest BCUT2D eigenvalue weighted by molar-refractivity contribution is -0.134. The molecule has 1 fully saturated rings. The van der Waals surface area contributed by atoms with Gasteiger partial charge in [-0.3, -0.25) is 4.79 Å². The second-order valence-corrected chi connectivity index (χ2v) is 5.32. The van der Waals surface area contributed by atoms with E-state index in [0.717, 1.165) is 18.4 Å². The summed E-state index contributed by atoms with van der Waals surface area (Å²) in [6, 6.07) is 6.66. The number of nitrogens with zero attached hydrogens (tertiary/aromatic N) is 1. The highest BCUT2D eigenvalue weighted by Crippen LogP contribution is 2.37. The van der Waals surface area contributed by atoms with Crippen LogP contribution in [0.2, 0.25) is 0 Å². The number of hydrogen-bond acceptors (Lipinski definition) is 2. The van der Waals surface area contributed by atoms with Crippen molar-refractivity contribution in [3.63, 3.8) is 0 Å². The molecule has 4 heteroatoms. The van der Waals surface area contributed by atoms with Crippen molar-refractivity contribution in [1.29, 1.82) is 0 Å². The van der Waals surface area contributed by atoms with E-state index in [1.54, 1.807) is 36.2 Å². The molecular formula is C15H19NO3. The van der Waals surface area contributed by atoms with Crippen molar-refractivity contribution in [2.45, 2.75) is 26.3 Å². The highest BCUT2D eigenvalue weighted by Gasteiger charge is 2.33. The maximum Gasteiger partial charge on any atom is 0.335 e. The molecular weight excluding hydrogens is 242 g/mol. The van der Waals surface area contributed by atoms with Gasteiger partial charge in [0.2, 0.25) is 5.91 Å². The molecule has 1 atom stereocenters. The monoisotopic (exact) mass is 261 g/mol. The van der Waals surface area contributed by atoms with Crippen molar-refractivity contribution in [2.24, 2.45) is 11.8 Å². The lowest BCUT2D eigenvalue weighted by Gasteiger charge is -2.21. The predicted octanol–water partition coefficient (Wildman–Crippen LogP) is 2.39. The zero-order valence-electron chi connectivity index (χ0n) is 11.3. The fourth-order valence-electron chi connectivity index (χ4n) is 2.25. The van der Waals surface area contributed by atoms with Crippen molar-refractivity contribution in [2.75, 3.05) is 7.05 Å². The molecule has 0 bridgehead atoms. The van der Waals surface area contributed by atoms with E-state index in [9.17, 15) is 9.59 Å². The van der Waals surface area contributed by atoms with E-state index >= 15 is 0 Å². The third-order valence-electron chi connectivity index (χ3n) is 3.72. The predicted molar refractivity (Wildman–Crippen MR) is 71.8 cm³/mol. The largest absolute Gasteiger partial charge is 0.478 e. The second kappa shape index (κ2) is 5.43. The van der Waals surface area contributed by atoms with Crippen LogP contribution in [-0.4, -0.2) is 28.9 Å². The zero-order valence-corrected chi connectivity index (χ0v) is 11.3. The Morgan fingerprint density at radius 2 is 1.89 bits per heavy atom. The van der Waals surface area contributed by atoms with E-state index in [-0.39, 0.29) is 17.4 Å². The van der Waals surface area contributed by atoms with Crippen molar-refractivity contribution in [3.8, 4) is 0 Å². The molecule has 1 aliphatic rings. The van der Waals surface area contributed by atoms with Gasteiger partial charge in [0.15, 0.2) is 0 Å². The van der Waals surface area contributed by atoms with E-state index < -0.39 is 5.97 Å². The van der Waals surface area contributed by atoms with Crippen LogP contribution >= 0.6 is 0 Å². The van der Waals surface area contributed by atoms with Gasteiger partial charge in [0.05, 0.1) is 5.56 Å². The summed E-state index contributed by atoms with van der Waals surface area (Å²) in [4.78, 5) is 24.6. The third kappa shape index (κ3) is 3.34. The number of carbonyl (C=O) groups excluding carboxylic acids is 1. The Morgan fingerprint density at radius 1 is 1.32 bits per heavy atom. The molecule has 0 saturated heterocycles. The number of rotatable bonds is 5. The molecule has 1 aliphatic carbocycles. The Hall–Kier alpha value is -1.84. The highest BCUT2D eigenvalue weighted by atomic mass is 16.4. The van der Waals surface area contributed by atoms with Gasteiger partial charge in [-0.2, -0.15) is 0 Å². The summed E-state index contributed by atoms with van der Waals surface area (Å²) < 4.78 is 0.